The molecule has 0 atom stereocenters. The molecule has 0 saturated heterocycles. The third kappa shape index (κ3) is 5.69. The largest absolute Gasteiger partial charge is 0.325 e. The summed E-state index contributed by atoms with van der Waals surface area (Å²) in [5.74, 6) is -0.680. The van der Waals surface area contributed by atoms with Gasteiger partial charge in [0.25, 0.3) is 0 Å². The zero-order valence-corrected chi connectivity index (χ0v) is 18.9. The minimum Gasteiger partial charge on any atom is -0.325 e. The lowest BCUT2D eigenvalue weighted by molar-refractivity contribution is -0.135. The molecular formula is C25H34N2O2. The van der Waals surface area contributed by atoms with E-state index in [0.29, 0.717) is 11.4 Å². The molecule has 29 heavy (non-hydrogen) atoms. The van der Waals surface area contributed by atoms with E-state index in [2.05, 4.69) is 52.2 Å². The second-order valence-corrected chi connectivity index (χ2v) is 10.2. The highest BCUT2D eigenvalue weighted by atomic mass is 16.2. The molecule has 2 amide bonds. The minimum absolute atomic E-state index is 0.0221. The van der Waals surface area contributed by atoms with Crippen molar-refractivity contribution in [1.29, 1.82) is 0 Å². The summed E-state index contributed by atoms with van der Waals surface area (Å²) in [5, 5.41) is 5.79. The first-order valence-electron chi connectivity index (χ1n) is 10.1. The molecule has 4 nitrogen and oxygen atoms in total. The van der Waals surface area contributed by atoms with Crippen molar-refractivity contribution in [3.8, 4) is 0 Å². The van der Waals surface area contributed by atoms with Crippen LogP contribution in [-0.4, -0.2) is 11.8 Å². The zero-order chi connectivity index (χ0) is 22.0. The molecule has 0 fully saturated rings. The topological polar surface area (TPSA) is 58.2 Å². The molecule has 2 rings (SSSR count). The summed E-state index contributed by atoms with van der Waals surface area (Å²) in [7, 11) is 0. The summed E-state index contributed by atoms with van der Waals surface area (Å²) >= 11 is 0. The van der Waals surface area contributed by atoms with E-state index < -0.39 is 5.41 Å². The molecular weight excluding hydrogens is 360 g/mol. The Morgan fingerprint density at radius 1 is 0.621 bits per heavy atom. The lowest BCUT2D eigenvalue weighted by atomic mass is 9.86. The predicted molar refractivity (Wildman–Crippen MR) is 121 cm³/mol. The van der Waals surface area contributed by atoms with E-state index in [-0.39, 0.29) is 22.6 Å². The maximum atomic E-state index is 12.9. The smallest absolute Gasteiger partial charge is 0.239 e. The Balaban J connectivity index is 2.15. The number of hydrogen-bond donors (Lipinski definition) is 2. The molecule has 0 radical (unpaired) electrons. The first kappa shape index (κ1) is 22.7. The molecule has 4 heteroatoms. The Kier molecular flexibility index (Phi) is 6.27. The number of amides is 2. The molecule has 0 spiro atoms. The first-order valence-corrected chi connectivity index (χ1v) is 10.1. The van der Waals surface area contributed by atoms with Crippen molar-refractivity contribution >= 4 is 23.2 Å². The van der Waals surface area contributed by atoms with Crippen molar-refractivity contribution in [3.63, 3.8) is 0 Å². The van der Waals surface area contributed by atoms with Gasteiger partial charge in [-0.05, 0) is 60.1 Å². The van der Waals surface area contributed by atoms with Gasteiger partial charge in [0.1, 0.15) is 5.41 Å². The number of nitrogens with one attached hydrogen (secondary N) is 2. The molecule has 0 saturated carbocycles. The lowest BCUT2D eigenvalue weighted by Gasteiger charge is -2.25. The number of hydrogen-bond acceptors (Lipinski definition) is 2. The van der Waals surface area contributed by atoms with Gasteiger partial charge in [0.15, 0.2) is 0 Å². The molecule has 0 aromatic heterocycles. The van der Waals surface area contributed by atoms with Crippen LogP contribution in [-0.2, 0) is 20.4 Å². The monoisotopic (exact) mass is 394 g/mol. The number of anilines is 2. The summed E-state index contributed by atoms with van der Waals surface area (Å²) in [6.07, 6.45) is 0. The van der Waals surface area contributed by atoms with Crippen LogP contribution in [0.3, 0.4) is 0 Å². The van der Waals surface area contributed by atoms with Gasteiger partial charge in [0.2, 0.25) is 11.8 Å². The summed E-state index contributed by atoms with van der Waals surface area (Å²) in [6.45, 7) is 16.0. The van der Waals surface area contributed by atoms with Crippen LogP contribution in [0.15, 0.2) is 48.5 Å². The highest BCUT2D eigenvalue weighted by Gasteiger charge is 2.36. The van der Waals surface area contributed by atoms with E-state index in [1.54, 1.807) is 13.8 Å². The van der Waals surface area contributed by atoms with Crippen LogP contribution >= 0.6 is 0 Å². The fourth-order valence-corrected chi connectivity index (χ4v) is 2.80. The Morgan fingerprint density at radius 3 is 1.28 bits per heavy atom. The van der Waals surface area contributed by atoms with Crippen molar-refractivity contribution < 1.29 is 9.59 Å². The summed E-state index contributed by atoms with van der Waals surface area (Å²) < 4.78 is 0. The highest BCUT2D eigenvalue weighted by molar-refractivity contribution is 6.14. The normalized spacial score (nSPS) is 12.4. The maximum absolute atomic E-state index is 12.9. The van der Waals surface area contributed by atoms with Gasteiger partial charge in [0.05, 0.1) is 0 Å². The van der Waals surface area contributed by atoms with E-state index in [4.69, 9.17) is 0 Å². The van der Waals surface area contributed by atoms with Crippen molar-refractivity contribution in [1.82, 2.24) is 0 Å². The molecule has 0 aliphatic heterocycles. The lowest BCUT2D eigenvalue weighted by Crippen LogP contribution is -2.41. The van der Waals surface area contributed by atoms with Crippen molar-refractivity contribution in [3.05, 3.63) is 59.7 Å². The number of carbonyl (C=O) groups excluding carboxylic acids is 2. The van der Waals surface area contributed by atoms with Gasteiger partial charge in [-0.2, -0.15) is 0 Å². The van der Waals surface area contributed by atoms with Gasteiger partial charge in [0, 0.05) is 11.4 Å². The van der Waals surface area contributed by atoms with E-state index in [9.17, 15) is 9.59 Å². The number of benzene rings is 2. The third-order valence-corrected chi connectivity index (χ3v) is 5.11. The van der Waals surface area contributed by atoms with Gasteiger partial charge < -0.3 is 10.6 Å². The van der Waals surface area contributed by atoms with Gasteiger partial charge >= 0.3 is 0 Å². The summed E-state index contributed by atoms with van der Waals surface area (Å²) in [5.41, 5.74) is 2.36. The third-order valence-electron chi connectivity index (χ3n) is 5.11. The fourth-order valence-electron chi connectivity index (χ4n) is 2.80. The quantitative estimate of drug-likeness (QED) is 0.636. The number of rotatable bonds is 4. The molecule has 2 aromatic carbocycles. The zero-order valence-electron chi connectivity index (χ0n) is 18.9. The molecule has 156 valence electrons. The van der Waals surface area contributed by atoms with Crippen LogP contribution in [0.2, 0.25) is 0 Å². The van der Waals surface area contributed by atoms with Gasteiger partial charge in [-0.1, -0.05) is 65.8 Å². The standard InChI is InChI=1S/C25H34N2O2/c1-23(2,3)17-11-9-13-19(15-17)26-21(28)25(7,8)22(29)27-20-14-10-12-18(16-20)24(4,5)6/h9-16H,1-8H3,(H,26,28)(H,27,29). The average Bonchev–Trinajstić information content (AvgIpc) is 2.60. The van der Waals surface area contributed by atoms with Gasteiger partial charge in [-0.3, -0.25) is 9.59 Å². The van der Waals surface area contributed by atoms with E-state index >= 15 is 0 Å². The van der Waals surface area contributed by atoms with Crippen LogP contribution in [0.5, 0.6) is 0 Å². The van der Waals surface area contributed by atoms with Crippen LogP contribution in [0.4, 0.5) is 11.4 Å². The second kappa shape index (κ2) is 8.02. The van der Waals surface area contributed by atoms with Gasteiger partial charge in [-0.15, -0.1) is 0 Å². The fraction of sp³-hybridized carbons (Fsp3) is 0.440. The second-order valence-electron chi connectivity index (χ2n) is 10.2. The van der Waals surface area contributed by atoms with Crippen molar-refractivity contribution in [2.45, 2.75) is 66.2 Å². The molecule has 0 bridgehead atoms. The average molecular weight is 395 g/mol. The van der Waals surface area contributed by atoms with Crippen molar-refractivity contribution in [2.24, 2.45) is 5.41 Å². The van der Waals surface area contributed by atoms with E-state index in [0.717, 1.165) is 11.1 Å². The molecule has 0 aliphatic carbocycles. The molecule has 0 unspecified atom stereocenters. The SMILES string of the molecule is CC(C)(C(=O)Nc1cccc(C(C)(C)C)c1)C(=O)Nc1cccc(C(C)(C)C)c1. The maximum Gasteiger partial charge on any atom is 0.239 e. The Labute approximate surface area is 175 Å². The molecule has 2 N–H and O–H groups in total. The molecule has 2 aromatic rings. The Hall–Kier alpha value is -2.62. The van der Waals surface area contributed by atoms with Crippen molar-refractivity contribution in [2.75, 3.05) is 10.6 Å². The first-order chi connectivity index (χ1) is 13.2. The van der Waals surface area contributed by atoms with E-state index in [1.165, 1.54) is 0 Å². The van der Waals surface area contributed by atoms with Crippen LogP contribution in [0.25, 0.3) is 0 Å². The summed E-state index contributed by atoms with van der Waals surface area (Å²) in [4.78, 5) is 25.8. The van der Waals surface area contributed by atoms with Gasteiger partial charge in [-0.25, -0.2) is 0 Å². The predicted octanol–water partition coefficient (Wildman–Crippen LogP) is 5.89. The van der Waals surface area contributed by atoms with Crippen LogP contribution in [0.1, 0.15) is 66.5 Å². The van der Waals surface area contributed by atoms with Crippen LogP contribution in [0, 0.1) is 5.41 Å². The highest BCUT2D eigenvalue weighted by Crippen LogP contribution is 2.28. The molecule has 0 heterocycles. The minimum atomic E-state index is -1.23. The number of carbonyl (C=O) groups is 2. The van der Waals surface area contributed by atoms with Crippen LogP contribution < -0.4 is 10.6 Å². The van der Waals surface area contributed by atoms with E-state index in [1.807, 2.05) is 48.5 Å². The summed E-state index contributed by atoms with van der Waals surface area (Å²) in [6, 6.07) is 15.5. The molecule has 0 aliphatic rings. The Morgan fingerprint density at radius 2 is 0.966 bits per heavy atom. The Bertz CT molecular complexity index is 826.